The maximum atomic E-state index is 13.9. The summed E-state index contributed by atoms with van der Waals surface area (Å²) < 4.78 is 13.9. The van der Waals surface area contributed by atoms with E-state index >= 15 is 0 Å². The SMILES string of the molecule is C[C@@H]1CCCN(c2nc3c(c(=O)[nH]2)[C@@H](C(=O)Nc2ccccc2F)CC(=O)N3)C1. The Morgan fingerprint density at radius 3 is 2.86 bits per heavy atom. The number of aromatic nitrogens is 2. The molecule has 1 fully saturated rings. The molecule has 29 heavy (non-hydrogen) atoms. The highest BCUT2D eigenvalue weighted by Gasteiger charge is 2.35. The number of amides is 2. The molecule has 2 aliphatic heterocycles. The molecular formula is C20H22FN5O3. The van der Waals surface area contributed by atoms with Crippen molar-refractivity contribution in [2.75, 3.05) is 28.6 Å². The summed E-state index contributed by atoms with van der Waals surface area (Å²) in [6.45, 7) is 3.65. The molecule has 1 saturated heterocycles. The summed E-state index contributed by atoms with van der Waals surface area (Å²) in [4.78, 5) is 46.9. The molecule has 2 atom stereocenters. The lowest BCUT2D eigenvalue weighted by Crippen LogP contribution is -2.40. The molecule has 9 heteroatoms. The highest BCUT2D eigenvalue weighted by atomic mass is 19.1. The third-order valence-electron chi connectivity index (χ3n) is 5.34. The molecule has 3 N–H and O–H groups in total. The number of piperidine rings is 1. The summed E-state index contributed by atoms with van der Waals surface area (Å²) in [5.74, 6) is -1.74. The minimum atomic E-state index is -1.05. The number of hydrogen-bond donors (Lipinski definition) is 3. The number of H-pyrrole nitrogens is 1. The molecule has 4 rings (SSSR count). The lowest BCUT2D eigenvalue weighted by atomic mass is 9.92. The van der Waals surface area contributed by atoms with Crippen LogP contribution in [0, 0.1) is 11.7 Å². The maximum Gasteiger partial charge on any atom is 0.258 e. The second-order valence-electron chi connectivity index (χ2n) is 7.62. The molecule has 0 unspecified atom stereocenters. The Balaban J connectivity index is 1.66. The van der Waals surface area contributed by atoms with Gasteiger partial charge in [-0.3, -0.25) is 19.4 Å². The minimum absolute atomic E-state index is 0.00616. The van der Waals surface area contributed by atoms with Crippen molar-refractivity contribution in [1.29, 1.82) is 0 Å². The number of aromatic amines is 1. The maximum absolute atomic E-state index is 13.9. The molecule has 2 aliphatic rings. The van der Waals surface area contributed by atoms with Gasteiger partial charge in [-0.2, -0.15) is 4.98 Å². The molecule has 1 aromatic carbocycles. The van der Waals surface area contributed by atoms with Crippen LogP contribution in [0.3, 0.4) is 0 Å². The fourth-order valence-electron chi connectivity index (χ4n) is 3.90. The van der Waals surface area contributed by atoms with E-state index in [1.807, 2.05) is 4.90 Å². The Bertz CT molecular complexity index is 1020. The van der Waals surface area contributed by atoms with Gasteiger partial charge in [0.1, 0.15) is 11.6 Å². The molecule has 8 nitrogen and oxygen atoms in total. The van der Waals surface area contributed by atoms with Gasteiger partial charge in [-0.15, -0.1) is 0 Å². The van der Waals surface area contributed by atoms with Gasteiger partial charge in [0.05, 0.1) is 17.2 Å². The molecule has 0 saturated carbocycles. The van der Waals surface area contributed by atoms with E-state index in [0.29, 0.717) is 11.9 Å². The summed E-state index contributed by atoms with van der Waals surface area (Å²) in [6.07, 6.45) is 1.89. The standard InChI is InChI=1S/C20H22FN5O3/c1-11-5-4-8-26(10-11)20-24-17-16(19(29)25-20)12(9-15(27)23-17)18(28)22-14-7-3-2-6-13(14)21/h2-3,6-7,11-12H,4-5,8-10H2,1H3,(H,22,28)(H2,23,24,25,27,29)/t11-,12+/m1/s1. The number of nitrogens with one attached hydrogen (secondary N) is 3. The van der Waals surface area contributed by atoms with E-state index in [-0.39, 0.29) is 23.5 Å². The largest absolute Gasteiger partial charge is 0.342 e. The van der Waals surface area contributed by atoms with Gasteiger partial charge in [0.25, 0.3) is 5.56 Å². The van der Waals surface area contributed by atoms with Crippen LogP contribution >= 0.6 is 0 Å². The van der Waals surface area contributed by atoms with E-state index in [9.17, 15) is 18.8 Å². The number of fused-ring (bicyclic) bond motifs is 1. The third-order valence-corrected chi connectivity index (χ3v) is 5.34. The van der Waals surface area contributed by atoms with Gasteiger partial charge in [0.15, 0.2) is 0 Å². The van der Waals surface area contributed by atoms with Crippen LogP contribution < -0.4 is 21.1 Å². The van der Waals surface area contributed by atoms with Gasteiger partial charge in [-0.1, -0.05) is 19.1 Å². The van der Waals surface area contributed by atoms with E-state index < -0.39 is 29.1 Å². The zero-order chi connectivity index (χ0) is 20.5. The van der Waals surface area contributed by atoms with E-state index in [1.54, 1.807) is 6.07 Å². The first-order chi connectivity index (χ1) is 13.9. The highest BCUT2D eigenvalue weighted by molar-refractivity contribution is 6.04. The number of hydrogen-bond acceptors (Lipinski definition) is 5. The predicted octanol–water partition coefficient (Wildman–Crippen LogP) is 2.21. The Morgan fingerprint density at radius 2 is 2.10 bits per heavy atom. The van der Waals surface area contributed by atoms with Crippen LogP contribution in [0.25, 0.3) is 0 Å². The highest BCUT2D eigenvalue weighted by Crippen LogP contribution is 2.31. The number of carbonyl (C=O) groups excluding carboxylic acids is 2. The van der Waals surface area contributed by atoms with Gasteiger partial charge >= 0.3 is 0 Å². The minimum Gasteiger partial charge on any atom is -0.342 e. The number of benzene rings is 1. The molecule has 0 aliphatic carbocycles. The van der Waals surface area contributed by atoms with Crippen molar-refractivity contribution >= 4 is 29.3 Å². The van der Waals surface area contributed by atoms with Crippen LogP contribution in [-0.2, 0) is 9.59 Å². The molecule has 2 aromatic rings. The molecule has 152 valence electrons. The van der Waals surface area contributed by atoms with Crippen LogP contribution in [0.5, 0.6) is 0 Å². The number of carbonyl (C=O) groups is 2. The van der Waals surface area contributed by atoms with E-state index in [1.165, 1.54) is 18.2 Å². The molecule has 0 bridgehead atoms. The van der Waals surface area contributed by atoms with E-state index in [4.69, 9.17) is 0 Å². The molecule has 1 aromatic heterocycles. The number of para-hydroxylation sites is 1. The first-order valence-electron chi connectivity index (χ1n) is 9.66. The van der Waals surface area contributed by atoms with Gasteiger partial charge in [-0.05, 0) is 30.9 Å². The topological polar surface area (TPSA) is 107 Å². The average molecular weight is 399 g/mol. The van der Waals surface area contributed by atoms with Crippen LogP contribution in [0.4, 0.5) is 21.8 Å². The third kappa shape index (κ3) is 3.85. The number of anilines is 3. The summed E-state index contributed by atoms with van der Waals surface area (Å²) in [6, 6.07) is 5.73. The summed E-state index contributed by atoms with van der Waals surface area (Å²) >= 11 is 0. The summed E-state index contributed by atoms with van der Waals surface area (Å²) in [5.41, 5.74) is -0.391. The Labute approximate surface area is 166 Å². The lowest BCUT2D eigenvalue weighted by Gasteiger charge is -2.32. The van der Waals surface area contributed by atoms with E-state index in [2.05, 4.69) is 27.5 Å². The first-order valence-corrected chi connectivity index (χ1v) is 9.66. The fourth-order valence-corrected chi connectivity index (χ4v) is 3.90. The first kappa shape index (κ1) is 19.1. The van der Waals surface area contributed by atoms with Gasteiger partial charge in [0, 0.05) is 19.5 Å². The van der Waals surface area contributed by atoms with Crippen molar-refractivity contribution in [3.63, 3.8) is 0 Å². The van der Waals surface area contributed by atoms with Crippen LogP contribution in [-0.4, -0.2) is 34.9 Å². The van der Waals surface area contributed by atoms with Crippen molar-refractivity contribution in [2.24, 2.45) is 5.92 Å². The van der Waals surface area contributed by atoms with Crippen LogP contribution in [0.1, 0.15) is 37.7 Å². The molecule has 3 heterocycles. The van der Waals surface area contributed by atoms with Gasteiger partial charge < -0.3 is 15.5 Å². The van der Waals surface area contributed by atoms with Crippen molar-refractivity contribution in [1.82, 2.24) is 9.97 Å². The Kier molecular flexibility index (Phi) is 5.04. The van der Waals surface area contributed by atoms with Crippen molar-refractivity contribution in [3.05, 3.63) is 46.0 Å². The second kappa shape index (κ2) is 7.65. The Morgan fingerprint density at radius 1 is 1.31 bits per heavy atom. The van der Waals surface area contributed by atoms with Crippen LogP contribution in [0.15, 0.2) is 29.1 Å². The second-order valence-corrected chi connectivity index (χ2v) is 7.62. The van der Waals surface area contributed by atoms with Crippen molar-refractivity contribution < 1.29 is 14.0 Å². The van der Waals surface area contributed by atoms with Crippen molar-refractivity contribution in [2.45, 2.75) is 32.1 Å². The zero-order valence-corrected chi connectivity index (χ0v) is 16.0. The number of rotatable bonds is 3. The van der Waals surface area contributed by atoms with Gasteiger partial charge in [0.2, 0.25) is 17.8 Å². The monoisotopic (exact) mass is 399 g/mol. The Hall–Kier alpha value is -3.23. The molecule has 0 spiro atoms. The zero-order valence-electron chi connectivity index (χ0n) is 16.0. The summed E-state index contributed by atoms with van der Waals surface area (Å²) in [5, 5.41) is 5.07. The number of nitrogens with zero attached hydrogens (tertiary/aromatic N) is 2. The fraction of sp³-hybridized carbons (Fsp3) is 0.400. The van der Waals surface area contributed by atoms with Crippen molar-refractivity contribution in [3.8, 4) is 0 Å². The normalized spacial score (nSPS) is 21.3. The number of halogens is 1. The molecule has 2 amide bonds. The smallest absolute Gasteiger partial charge is 0.258 e. The predicted molar refractivity (Wildman–Crippen MR) is 106 cm³/mol. The lowest BCUT2D eigenvalue weighted by molar-refractivity contribution is -0.123. The summed E-state index contributed by atoms with van der Waals surface area (Å²) in [7, 11) is 0. The van der Waals surface area contributed by atoms with E-state index in [0.717, 1.165) is 25.9 Å². The van der Waals surface area contributed by atoms with Gasteiger partial charge in [-0.25, -0.2) is 4.39 Å². The van der Waals surface area contributed by atoms with Crippen LogP contribution in [0.2, 0.25) is 0 Å². The molecule has 0 radical (unpaired) electrons. The quantitative estimate of drug-likeness (QED) is 0.734. The molecular weight excluding hydrogens is 377 g/mol. The average Bonchev–Trinajstić information content (AvgIpc) is 2.68.